The predicted molar refractivity (Wildman–Crippen MR) is 82.8 cm³/mol. The second-order valence-corrected chi connectivity index (χ2v) is 4.38. The zero-order valence-corrected chi connectivity index (χ0v) is 11.9. The summed E-state index contributed by atoms with van der Waals surface area (Å²) in [7, 11) is 0. The minimum Gasteiger partial charge on any atom is -0.462 e. The van der Waals surface area contributed by atoms with Gasteiger partial charge in [-0.3, -0.25) is 19.5 Å². The maximum absolute atomic E-state index is 12.2. The number of esters is 1. The Morgan fingerprint density at radius 3 is 3.04 bits per heavy atom. The summed E-state index contributed by atoms with van der Waals surface area (Å²) in [4.78, 5) is 36.5. The van der Waals surface area contributed by atoms with E-state index in [1.807, 2.05) is 0 Å². The van der Waals surface area contributed by atoms with E-state index in [9.17, 15) is 9.59 Å². The third-order valence-corrected chi connectivity index (χ3v) is 2.76. The fourth-order valence-electron chi connectivity index (χ4n) is 1.68. The first-order chi connectivity index (χ1) is 14.0. The van der Waals surface area contributed by atoms with Crippen LogP contribution in [0.5, 0.6) is 0 Å². The van der Waals surface area contributed by atoms with Gasteiger partial charge in [0.25, 0.3) is 5.91 Å². The lowest BCUT2D eigenvalue weighted by Crippen LogP contribution is -2.41. The van der Waals surface area contributed by atoms with Crippen LogP contribution in [-0.2, 0) is 19.1 Å². The second-order valence-electron chi connectivity index (χ2n) is 4.38. The zero-order chi connectivity index (χ0) is 23.8. The molecule has 10 heteroatoms. The number of aliphatic imine (C=N–C) groups is 3. The number of amides is 1. The number of nitrogens with two attached hydrogens (primary N) is 2. The van der Waals surface area contributed by atoms with E-state index in [0.29, 0.717) is 0 Å². The summed E-state index contributed by atoms with van der Waals surface area (Å²) in [5.41, 5.74) is 10.8. The van der Waals surface area contributed by atoms with Gasteiger partial charge >= 0.3 is 5.97 Å². The van der Waals surface area contributed by atoms with Gasteiger partial charge in [0, 0.05) is 9.60 Å². The number of guanidine groups is 1. The molecule has 2 atom stereocenters. The number of rotatable bonds is 7. The number of hydrogen-bond donors (Lipinski definition) is 2. The van der Waals surface area contributed by atoms with Gasteiger partial charge in [0.2, 0.25) is 5.96 Å². The molecule has 0 saturated heterocycles. The monoisotopic (exact) mass is 332 g/mol. The molecule has 10 nitrogen and oxygen atoms in total. The molecule has 0 aliphatic carbocycles. The van der Waals surface area contributed by atoms with Crippen molar-refractivity contribution < 1.29 is 30.0 Å². The van der Waals surface area contributed by atoms with E-state index in [1.54, 1.807) is 0 Å². The van der Waals surface area contributed by atoms with Crippen molar-refractivity contribution in [1.29, 1.82) is 0 Å². The SMILES string of the molecule is [2H]C([2H])([2H])C([2H])(C([2H])([2H])[2H])C([2H])(N)C(=O)OCCOCN1C=NC2C(=O)N=C(N)N=C21. The number of hydrogen-bond acceptors (Lipinski definition) is 9. The van der Waals surface area contributed by atoms with Gasteiger partial charge in [-0.05, 0) is 5.89 Å². The first kappa shape index (κ1) is 9.08. The molecule has 2 rings (SSSR count). The van der Waals surface area contributed by atoms with E-state index < -0.39 is 50.1 Å². The van der Waals surface area contributed by atoms with Crippen molar-refractivity contribution >= 4 is 30.0 Å². The van der Waals surface area contributed by atoms with Crippen molar-refractivity contribution in [2.75, 3.05) is 19.9 Å². The third kappa shape index (κ3) is 4.11. The summed E-state index contributed by atoms with van der Waals surface area (Å²) in [5, 5.41) is 0. The third-order valence-electron chi connectivity index (χ3n) is 2.76. The highest BCUT2D eigenvalue weighted by Gasteiger charge is 2.35. The van der Waals surface area contributed by atoms with Gasteiger partial charge in [0.1, 0.15) is 19.4 Å². The van der Waals surface area contributed by atoms with Crippen LogP contribution < -0.4 is 11.5 Å². The van der Waals surface area contributed by atoms with Crippen molar-refractivity contribution in [3.8, 4) is 0 Å². The molecular weight excluding hydrogens is 304 g/mol. The highest BCUT2D eigenvalue weighted by Crippen LogP contribution is 2.13. The summed E-state index contributed by atoms with van der Waals surface area (Å²) < 4.78 is 69.5. The lowest BCUT2D eigenvalue weighted by molar-refractivity contribution is -0.148. The molecule has 2 aliphatic heterocycles. The van der Waals surface area contributed by atoms with Gasteiger partial charge < -0.3 is 20.9 Å². The summed E-state index contributed by atoms with van der Waals surface area (Å²) in [6, 6.07) is -4.35. The highest BCUT2D eigenvalue weighted by atomic mass is 16.6. The molecule has 0 bridgehead atoms. The second kappa shape index (κ2) is 7.29. The maximum Gasteiger partial charge on any atom is 0.323 e. The van der Waals surface area contributed by atoms with Crippen molar-refractivity contribution in [3.63, 3.8) is 0 Å². The minimum atomic E-state index is -3.64. The molecule has 0 aromatic heterocycles. The molecule has 0 saturated carbocycles. The Balaban J connectivity index is 1.91. The van der Waals surface area contributed by atoms with Crippen LogP contribution in [0.15, 0.2) is 15.0 Å². The summed E-state index contributed by atoms with van der Waals surface area (Å²) in [6.45, 7) is -8.16. The molecule has 2 unspecified atom stereocenters. The summed E-state index contributed by atoms with van der Waals surface area (Å²) in [5.74, 6) is -5.99. The minimum absolute atomic E-state index is 0.182. The predicted octanol–water partition coefficient (Wildman–Crippen LogP) is -1.55. The van der Waals surface area contributed by atoms with Crippen LogP contribution in [0.3, 0.4) is 0 Å². The van der Waals surface area contributed by atoms with Crippen LogP contribution in [0.1, 0.15) is 24.7 Å². The van der Waals surface area contributed by atoms with E-state index in [0.717, 1.165) is 0 Å². The van der Waals surface area contributed by atoms with Gasteiger partial charge in [0.05, 0.1) is 14.3 Å². The molecule has 0 spiro atoms. The number of carbonyl (C=O) groups excluding carboxylic acids is 2. The van der Waals surface area contributed by atoms with Crippen molar-refractivity contribution in [2.45, 2.75) is 25.8 Å². The maximum atomic E-state index is 12.2. The summed E-state index contributed by atoms with van der Waals surface area (Å²) in [6.07, 6.45) is 1.28. The summed E-state index contributed by atoms with van der Waals surface area (Å²) >= 11 is 0. The molecule has 0 aromatic rings. The molecule has 126 valence electrons. The van der Waals surface area contributed by atoms with Crippen molar-refractivity contribution in [3.05, 3.63) is 0 Å². The molecule has 4 N–H and O–H groups in total. The van der Waals surface area contributed by atoms with Crippen LogP contribution in [-0.4, -0.2) is 66.9 Å². The molecule has 0 aromatic carbocycles. The zero-order valence-electron chi connectivity index (χ0n) is 19.9. The van der Waals surface area contributed by atoms with Crippen molar-refractivity contribution in [2.24, 2.45) is 32.3 Å². The van der Waals surface area contributed by atoms with E-state index >= 15 is 0 Å². The Kier molecular flexibility index (Phi) is 2.88. The largest absolute Gasteiger partial charge is 0.462 e. The average molecular weight is 332 g/mol. The number of fused-ring (bicyclic) bond motifs is 1. The number of nitrogens with zero attached hydrogens (tertiary/aromatic N) is 4. The van der Waals surface area contributed by atoms with Crippen LogP contribution >= 0.6 is 0 Å². The molecule has 0 radical (unpaired) electrons. The van der Waals surface area contributed by atoms with E-state index in [-0.39, 0.29) is 25.1 Å². The van der Waals surface area contributed by atoms with Gasteiger partial charge in [-0.25, -0.2) is 0 Å². The number of ether oxygens (including phenoxy) is 2. The average Bonchev–Trinajstić information content (AvgIpc) is 3.01. The Hall–Kier alpha value is -2.33. The fourth-order valence-corrected chi connectivity index (χ4v) is 1.68. The van der Waals surface area contributed by atoms with Gasteiger partial charge in [0.15, 0.2) is 11.9 Å². The molecule has 1 amide bonds. The highest BCUT2D eigenvalue weighted by molar-refractivity contribution is 6.21. The van der Waals surface area contributed by atoms with E-state index in [1.165, 1.54) is 11.2 Å². The molecule has 0 fully saturated rings. The standard InChI is InChI=1S/C13H20N6O4/c1-7(2)8(14)12(21)23-4-3-22-6-19-5-16-9-10(19)17-13(15)18-11(9)20/h5,7-9H,3-4,6,14H2,1-2H3,(H2,15,18,20)/i1D3,2D3,7D,8D. The number of carbonyl (C=O) groups is 2. The van der Waals surface area contributed by atoms with Gasteiger partial charge in [-0.15, -0.1) is 0 Å². The smallest absolute Gasteiger partial charge is 0.323 e. The van der Waals surface area contributed by atoms with Crippen LogP contribution in [0, 0.1) is 5.89 Å². The molecule has 23 heavy (non-hydrogen) atoms. The fraction of sp³-hybridized carbons (Fsp3) is 0.615. The normalized spacial score (nSPS) is 29.2. The van der Waals surface area contributed by atoms with Crippen LogP contribution in [0.25, 0.3) is 0 Å². The molecular formula is C13H20N6O4. The van der Waals surface area contributed by atoms with E-state index in [4.69, 9.17) is 27.2 Å². The molecule has 2 aliphatic rings. The van der Waals surface area contributed by atoms with E-state index in [2.05, 4.69) is 19.7 Å². The Bertz CT molecular complexity index is 823. The first-order valence-electron chi connectivity index (χ1n) is 10.3. The number of amidine groups is 1. The van der Waals surface area contributed by atoms with Crippen LogP contribution in [0.4, 0.5) is 0 Å². The Morgan fingerprint density at radius 1 is 1.52 bits per heavy atom. The quantitative estimate of drug-likeness (QED) is 0.424. The topological polar surface area (TPSA) is 145 Å². The van der Waals surface area contributed by atoms with Gasteiger partial charge in [-0.1, -0.05) is 13.7 Å². The lowest BCUT2D eigenvalue weighted by atomic mass is 10.1. The Morgan fingerprint density at radius 2 is 2.30 bits per heavy atom. The molecule has 2 heterocycles. The van der Waals surface area contributed by atoms with Gasteiger partial charge in [-0.2, -0.15) is 9.98 Å². The first-order valence-corrected chi connectivity index (χ1v) is 6.34. The Labute approximate surface area is 144 Å². The van der Waals surface area contributed by atoms with Crippen molar-refractivity contribution in [1.82, 2.24) is 4.90 Å². The van der Waals surface area contributed by atoms with Crippen LogP contribution in [0.2, 0.25) is 0 Å². The lowest BCUT2D eigenvalue weighted by Gasteiger charge is -2.19.